The molecule has 0 saturated heterocycles. The molecule has 0 amide bonds. The minimum atomic E-state index is 0.479. The van der Waals surface area contributed by atoms with E-state index in [0.29, 0.717) is 5.92 Å². The van der Waals surface area contributed by atoms with Crippen molar-refractivity contribution in [2.24, 2.45) is 5.92 Å². The fraction of sp³-hybridized carbons (Fsp3) is 0.667. The van der Waals surface area contributed by atoms with Gasteiger partial charge in [0, 0.05) is 12.3 Å². The zero-order chi connectivity index (χ0) is 9.23. The van der Waals surface area contributed by atoms with E-state index in [4.69, 9.17) is 12.8 Å². The van der Waals surface area contributed by atoms with Crippen LogP contribution >= 0.6 is 0 Å². The van der Waals surface area contributed by atoms with Crippen molar-refractivity contribution in [1.29, 1.82) is 0 Å². The first-order chi connectivity index (χ1) is 5.85. The summed E-state index contributed by atoms with van der Waals surface area (Å²) in [5, 5.41) is 0. The molecular weight excluding hydrogens is 144 g/mol. The van der Waals surface area contributed by atoms with Gasteiger partial charge in [0.2, 0.25) is 0 Å². The van der Waals surface area contributed by atoms with E-state index in [2.05, 4.69) is 18.8 Å². The largest absolute Gasteiger partial charge is 0.120 e. The smallest absolute Gasteiger partial charge is 0.0200 e. The van der Waals surface area contributed by atoms with Crippen molar-refractivity contribution in [3.8, 4) is 24.7 Å². The molecule has 0 aromatic heterocycles. The van der Waals surface area contributed by atoms with Crippen molar-refractivity contribution in [1.82, 2.24) is 0 Å². The van der Waals surface area contributed by atoms with Gasteiger partial charge in [0.25, 0.3) is 0 Å². The van der Waals surface area contributed by atoms with Gasteiger partial charge in [-0.2, -0.15) is 0 Å². The lowest BCUT2D eigenvalue weighted by Crippen LogP contribution is -1.95. The lowest BCUT2D eigenvalue weighted by molar-refractivity contribution is 0.522. The molecule has 0 heterocycles. The second-order valence-electron chi connectivity index (χ2n) is 3.10. The van der Waals surface area contributed by atoms with Gasteiger partial charge in [-0.15, -0.1) is 24.7 Å². The van der Waals surface area contributed by atoms with Crippen LogP contribution in [-0.2, 0) is 0 Å². The lowest BCUT2D eigenvalue weighted by Gasteiger charge is -2.07. The number of rotatable bonds is 6. The molecule has 0 aliphatic heterocycles. The van der Waals surface area contributed by atoms with Crippen LogP contribution in [0.15, 0.2) is 0 Å². The molecule has 1 atom stereocenters. The highest BCUT2D eigenvalue weighted by molar-refractivity contribution is 4.92. The van der Waals surface area contributed by atoms with Crippen LogP contribution in [0.4, 0.5) is 0 Å². The van der Waals surface area contributed by atoms with Crippen LogP contribution in [-0.4, -0.2) is 0 Å². The molecule has 1 unspecified atom stereocenters. The maximum Gasteiger partial charge on any atom is 0.0200 e. The summed E-state index contributed by atoms with van der Waals surface area (Å²) in [6.45, 7) is 2.17. The summed E-state index contributed by atoms with van der Waals surface area (Å²) in [5.41, 5.74) is 0. The topological polar surface area (TPSA) is 0 Å². The predicted molar refractivity (Wildman–Crippen MR) is 54.5 cm³/mol. The van der Waals surface area contributed by atoms with Crippen molar-refractivity contribution in [2.45, 2.75) is 45.4 Å². The van der Waals surface area contributed by atoms with Crippen molar-refractivity contribution >= 4 is 0 Å². The summed E-state index contributed by atoms with van der Waals surface area (Å²) < 4.78 is 0. The molecule has 0 aliphatic rings. The van der Waals surface area contributed by atoms with Crippen LogP contribution in [0.25, 0.3) is 0 Å². The van der Waals surface area contributed by atoms with Gasteiger partial charge in [-0.25, -0.2) is 0 Å². The monoisotopic (exact) mass is 162 g/mol. The van der Waals surface area contributed by atoms with Crippen LogP contribution in [0.5, 0.6) is 0 Å². The van der Waals surface area contributed by atoms with E-state index >= 15 is 0 Å². The van der Waals surface area contributed by atoms with Crippen LogP contribution < -0.4 is 0 Å². The minimum absolute atomic E-state index is 0.479. The molecule has 0 rings (SSSR count). The quantitative estimate of drug-likeness (QED) is 0.415. The molecule has 0 heteroatoms. The highest BCUT2D eigenvalue weighted by Crippen LogP contribution is 2.13. The highest BCUT2D eigenvalue weighted by Gasteiger charge is 2.01. The second-order valence-corrected chi connectivity index (χ2v) is 3.10. The summed E-state index contributed by atoms with van der Waals surface area (Å²) in [4.78, 5) is 0. The Labute approximate surface area is 76.8 Å². The summed E-state index contributed by atoms with van der Waals surface area (Å²) in [7, 11) is 0. The molecule has 0 fully saturated rings. The zero-order valence-electron chi connectivity index (χ0n) is 7.97. The fourth-order valence-electron chi connectivity index (χ4n) is 1.28. The number of unbranched alkanes of at least 4 members (excludes halogenated alkanes) is 2. The Hall–Kier alpha value is -0.880. The van der Waals surface area contributed by atoms with E-state index in [1.165, 1.54) is 12.8 Å². The van der Waals surface area contributed by atoms with Crippen LogP contribution in [0.1, 0.15) is 45.4 Å². The molecule has 0 radical (unpaired) electrons. The maximum absolute atomic E-state index is 5.38. The Morgan fingerprint density at radius 3 is 2.42 bits per heavy atom. The van der Waals surface area contributed by atoms with Gasteiger partial charge in [-0.3, -0.25) is 0 Å². The first-order valence-electron chi connectivity index (χ1n) is 4.74. The van der Waals surface area contributed by atoms with Gasteiger partial charge in [0.05, 0.1) is 0 Å². The molecule has 0 bridgehead atoms. The molecule has 12 heavy (non-hydrogen) atoms. The fourth-order valence-corrected chi connectivity index (χ4v) is 1.28. The van der Waals surface area contributed by atoms with E-state index < -0.39 is 0 Å². The van der Waals surface area contributed by atoms with Crippen molar-refractivity contribution < 1.29 is 0 Å². The molecule has 66 valence electrons. The summed E-state index contributed by atoms with van der Waals surface area (Å²) in [5.74, 6) is 5.95. The van der Waals surface area contributed by atoms with E-state index in [1.54, 1.807) is 0 Å². The van der Waals surface area contributed by atoms with Crippen LogP contribution in [0.3, 0.4) is 0 Å². The van der Waals surface area contributed by atoms with Gasteiger partial charge in [-0.1, -0.05) is 19.8 Å². The van der Waals surface area contributed by atoms with Gasteiger partial charge >= 0.3 is 0 Å². The van der Waals surface area contributed by atoms with E-state index in [-0.39, 0.29) is 0 Å². The third-order valence-corrected chi connectivity index (χ3v) is 2.00. The van der Waals surface area contributed by atoms with Crippen molar-refractivity contribution in [3.05, 3.63) is 0 Å². The Kier molecular flexibility index (Phi) is 7.62. The summed E-state index contributed by atoms with van der Waals surface area (Å²) in [6, 6.07) is 0. The molecular formula is C12H18. The molecule has 0 aromatic carbocycles. The molecule has 0 aromatic rings. The van der Waals surface area contributed by atoms with Crippen LogP contribution in [0.2, 0.25) is 0 Å². The maximum atomic E-state index is 5.38. The van der Waals surface area contributed by atoms with E-state index in [0.717, 1.165) is 25.7 Å². The Morgan fingerprint density at radius 2 is 1.92 bits per heavy atom. The molecule has 0 aliphatic carbocycles. The molecule has 0 N–H and O–H groups in total. The Balaban J connectivity index is 3.34. The van der Waals surface area contributed by atoms with Gasteiger partial charge < -0.3 is 0 Å². The highest BCUT2D eigenvalue weighted by atomic mass is 14.1. The second kappa shape index (κ2) is 8.22. The minimum Gasteiger partial charge on any atom is -0.120 e. The van der Waals surface area contributed by atoms with E-state index in [9.17, 15) is 0 Å². The molecule has 0 saturated carbocycles. The number of terminal acetylenes is 2. The summed E-state index contributed by atoms with van der Waals surface area (Å²) in [6.07, 6.45) is 17.2. The van der Waals surface area contributed by atoms with Gasteiger partial charge in [0.1, 0.15) is 0 Å². The van der Waals surface area contributed by atoms with Gasteiger partial charge in [-0.05, 0) is 19.3 Å². The average molecular weight is 162 g/mol. The Morgan fingerprint density at radius 1 is 1.17 bits per heavy atom. The first kappa shape index (κ1) is 11.1. The summed E-state index contributed by atoms with van der Waals surface area (Å²) >= 11 is 0. The number of hydrogen-bond donors (Lipinski definition) is 0. The van der Waals surface area contributed by atoms with Crippen molar-refractivity contribution in [3.63, 3.8) is 0 Å². The third-order valence-electron chi connectivity index (χ3n) is 2.00. The lowest BCUT2D eigenvalue weighted by atomic mass is 9.97. The third kappa shape index (κ3) is 5.87. The van der Waals surface area contributed by atoms with Crippen molar-refractivity contribution in [2.75, 3.05) is 0 Å². The molecule has 0 nitrogen and oxygen atoms in total. The van der Waals surface area contributed by atoms with Gasteiger partial charge in [0.15, 0.2) is 0 Å². The standard InChI is InChI=1S/C12H18/c1-4-7-8-9-11-12(6-3)10-5-2/h1,3,12H,5,7-11H2,2H3. The van der Waals surface area contributed by atoms with E-state index in [1.807, 2.05) is 0 Å². The number of hydrogen-bond acceptors (Lipinski definition) is 0. The zero-order valence-corrected chi connectivity index (χ0v) is 7.97. The average Bonchev–Trinajstić information content (AvgIpc) is 2.10. The predicted octanol–water partition coefficient (Wildman–Crippen LogP) is 3.23. The van der Waals surface area contributed by atoms with Crippen LogP contribution in [0, 0.1) is 30.6 Å². The normalized spacial score (nSPS) is 11.6. The SMILES string of the molecule is C#CCCCCC(C#C)CCC. The first-order valence-corrected chi connectivity index (χ1v) is 4.74. The Bertz CT molecular complexity index is 165. The molecule has 0 spiro atoms.